The third-order valence-corrected chi connectivity index (χ3v) is 2.70. The van der Waals surface area contributed by atoms with Crippen molar-refractivity contribution in [3.63, 3.8) is 0 Å². The van der Waals surface area contributed by atoms with E-state index in [1.807, 2.05) is 6.92 Å². The SMILES string of the molecule is CCc1cn[nH]c1NC(=O)c1ccn(C)c(=O)c1. The molecule has 0 saturated heterocycles. The highest BCUT2D eigenvalue weighted by molar-refractivity contribution is 6.03. The maximum Gasteiger partial charge on any atom is 0.257 e. The summed E-state index contributed by atoms with van der Waals surface area (Å²) in [6.45, 7) is 1.97. The molecule has 0 aromatic carbocycles. The number of H-pyrrole nitrogens is 1. The van der Waals surface area contributed by atoms with Gasteiger partial charge in [0.15, 0.2) is 0 Å². The molecule has 1 amide bonds. The van der Waals surface area contributed by atoms with Gasteiger partial charge < -0.3 is 9.88 Å². The molecule has 2 rings (SSSR count). The van der Waals surface area contributed by atoms with Crippen LogP contribution in [0.25, 0.3) is 0 Å². The number of aromatic amines is 1. The van der Waals surface area contributed by atoms with Gasteiger partial charge in [-0.3, -0.25) is 14.7 Å². The first-order chi connectivity index (χ1) is 8.61. The molecule has 18 heavy (non-hydrogen) atoms. The van der Waals surface area contributed by atoms with E-state index in [4.69, 9.17) is 0 Å². The molecule has 94 valence electrons. The van der Waals surface area contributed by atoms with Crippen LogP contribution in [-0.2, 0) is 13.5 Å². The Kier molecular flexibility index (Phi) is 3.27. The van der Waals surface area contributed by atoms with Crippen LogP contribution in [0.4, 0.5) is 5.82 Å². The molecule has 6 nitrogen and oxygen atoms in total. The largest absolute Gasteiger partial charge is 0.319 e. The Morgan fingerprint density at radius 2 is 2.33 bits per heavy atom. The number of nitrogens with zero attached hydrogens (tertiary/aromatic N) is 2. The fourth-order valence-electron chi connectivity index (χ4n) is 1.56. The Hall–Kier alpha value is -2.37. The Morgan fingerprint density at radius 1 is 1.56 bits per heavy atom. The van der Waals surface area contributed by atoms with Gasteiger partial charge in [-0.15, -0.1) is 0 Å². The molecule has 0 spiro atoms. The minimum atomic E-state index is -0.327. The van der Waals surface area contributed by atoms with E-state index < -0.39 is 0 Å². The monoisotopic (exact) mass is 246 g/mol. The standard InChI is InChI=1S/C12H14N4O2/c1-3-8-7-13-15-11(8)14-12(18)9-4-5-16(2)10(17)6-9/h4-7H,3H2,1-2H3,(H2,13,14,15,18). The topological polar surface area (TPSA) is 79.8 Å². The number of aromatic nitrogens is 3. The highest BCUT2D eigenvalue weighted by Crippen LogP contribution is 2.12. The minimum absolute atomic E-state index is 0.219. The van der Waals surface area contributed by atoms with Crippen molar-refractivity contribution in [2.45, 2.75) is 13.3 Å². The van der Waals surface area contributed by atoms with Gasteiger partial charge in [0.1, 0.15) is 5.82 Å². The number of aryl methyl sites for hydroxylation is 2. The van der Waals surface area contributed by atoms with Crippen molar-refractivity contribution < 1.29 is 4.79 Å². The minimum Gasteiger partial charge on any atom is -0.319 e. The van der Waals surface area contributed by atoms with Crippen LogP contribution >= 0.6 is 0 Å². The number of anilines is 1. The summed E-state index contributed by atoms with van der Waals surface area (Å²) in [6.07, 6.45) is 3.99. The molecule has 0 radical (unpaired) electrons. The summed E-state index contributed by atoms with van der Waals surface area (Å²) in [7, 11) is 1.63. The lowest BCUT2D eigenvalue weighted by atomic mass is 10.2. The van der Waals surface area contributed by atoms with Crippen molar-refractivity contribution in [2.24, 2.45) is 7.05 Å². The van der Waals surface area contributed by atoms with Crippen LogP contribution in [0.2, 0.25) is 0 Å². The summed E-state index contributed by atoms with van der Waals surface area (Å²) < 4.78 is 1.41. The molecule has 6 heteroatoms. The molecule has 0 bridgehead atoms. The van der Waals surface area contributed by atoms with E-state index in [0.717, 1.165) is 12.0 Å². The number of hydrogen-bond donors (Lipinski definition) is 2. The van der Waals surface area contributed by atoms with Gasteiger partial charge in [0.05, 0.1) is 6.20 Å². The average molecular weight is 246 g/mol. The molecule has 2 heterocycles. The zero-order chi connectivity index (χ0) is 13.1. The van der Waals surface area contributed by atoms with E-state index in [9.17, 15) is 9.59 Å². The number of carbonyl (C=O) groups excluding carboxylic acids is 1. The second-order valence-corrected chi connectivity index (χ2v) is 3.94. The Bertz CT molecular complexity index is 627. The molecule has 0 saturated carbocycles. The summed E-state index contributed by atoms with van der Waals surface area (Å²) in [6, 6.07) is 2.90. The zero-order valence-corrected chi connectivity index (χ0v) is 10.2. The molecule has 0 aliphatic rings. The lowest BCUT2D eigenvalue weighted by Crippen LogP contribution is -2.20. The molecule has 0 aliphatic carbocycles. The van der Waals surface area contributed by atoms with E-state index in [2.05, 4.69) is 15.5 Å². The van der Waals surface area contributed by atoms with Crippen molar-refractivity contribution in [3.05, 3.63) is 46.0 Å². The quantitative estimate of drug-likeness (QED) is 0.845. The Morgan fingerprint density at radius 3 is 3.00 bits per heavy atom. The van der Waals surface area contributed by atoms with E-state index in [1.54, 1.807) is 25.5 Å². The molecule has 2 aromatic rings. The smallest absolute Gasteiger partial charge is 0.257 e. The van der Waals surface area contributed by atoms with E-state index in [-0.39, 0.29) is 11.5 Å². The van der Waals surface area contributed by atoms with Gasteiger partial charge in [-0.25, -0.2) is 0 Å². The number of nitrogens with one attached hydrogen (secondary N) is 2. The first-order valence-electron chi connectivity index (χ1n) is 5.62. The summed E-state index contributed by atoms with van der Waals surface area (Å²) in [5.74, 6) is 0.245. The van der Waals surface area contributed by atoms with Crippen LogP contribution in [0.1, 0.15) is 22.8 Å². The molecule has 0 aliphatic heterocycles. The molecular weight excluding hydrogens is 232 g/mol. The maximum absolute atomic E-state index is 11.9. The second-order valence-electron chi connectivity index (χ2n) is 3.94. The highest BCUT2D eigenvalue weighted by Gasteiger charge is 2.10. The fourth-order valence-corrected chi connectivity index (χ4v) is 1.56. The zero-order valence-electron chi connectivity index (χ0n) is 10.2. The lowest BCUT2D eigenvalue weighted by Gasteiger charge is -2.05. The van der Waals surface area contributed by atoms with Crippen molar-refractivity contribution >= 4 is 11.7 Å². The predicted molar refractivity (Wildman–Crippen MR) is 67.6 cm³/mol. The summed E-state index contributed by atoms with van der Waals surface area (Å²) in [5, 5.41) is 9.28. The number of pyridine rings is 1. The van der Waals surface area contributed by atoms with Crippen molar-refractivity contribution in [1.82, 2.24) is 14.8 Å². The summed E-state index contributed by atoms with van der Waals surface area (Å²) in [5.41, 5.74) is 1.03. The van der Waals surface area contributed by atoms with Crippen LogP contribution in [0.15, 0.2) is 29.3 Å². The third kappa shape index (κ3) is 2.32. The third-order valence-electron chi connectivity index (χ3n) is 2.70. The summed E-state index contributed by atoms with van der Waals surface area (Å²) in [4.78, 5) is 23.4. The van der Waals surface area contributed by atoms with Gasteiger partial charge in [-0.1, -0.05) is 6.92 Å². The molecule has 0 atom stereocenters. The first kappa shape index (κ1) is 12.1. The van der Waals surface area contributed by atoms with Crippen LogP contribution in [0.3, 0.4) is 0 Å². The molecule has 0 unspecified atom stereocenters. The summed E-state index contributed by atoms with van der Waals surface area (Å²) >= 11 is 0. The Labute approximate surface area is 104 Å². The van der Waals surface area contributed by atoms with Gasteiger partial charge in [0.25, 0.3) is 11.5 Å². The molecule has 0 fully saturated rings. The van der Waals surface area contributed by atoms with Crippen molar-refractivity contribution in [3.8, 4) is 0 Å². The molecule has 2 aromatic heterocycles. The van der Waals surface area contributed by atoms with Crippen molar-refractivity contribution in [1.29, 1.82) is 0 Å². The van der Waals surface area contributed by atoms with Gasteiger partial charge in [0, 0.05) is 30.4 Å². The molecule has 2 N–H and O–H groups in total. The lowest BCUT2D eigenvalue weighted by molar-refractivity contribution is 0.102. The van der Waals surface area contributed by atoms with Gasteiger partial charge >= 0.3 is 0 Å². The average Bonchev–Trinajstić information content (AvgIpc) is 2.79. The molecular formula is C12H14N4O2. The number of rotatable bonds is 3. The van der Waals surface area contributed by atoms with Crippen molar-refractivity contribution in [2.75, 3.05) is 5.32 Å². The second kappa shape index (κ2) is 4.87. The van der Waals surface area contributed by atoms with E-state index in [1.165, 1.54) is 10.6 Å². The van der Waals surface area contributed by atoms with E-state index in [0.29, 0.717) is 11.4 Å². The Balaban J connectivity index is 2.22. The number of hydrogen-bond acceptors (Lipinski definition) is 3. The van der Waals surface area contributed by atoms with Gasteiger partial charge in [0.2, 0.25) is 0 Å². The fraction of sp³-hybridized carbons (Fsp3) is 0.250. The van der Waals surface area contributed by atoms with E-state index >= 15 is 0 Å². The first-order valence-corrected chi connectivity index (χ1v) is 5.62. The van der Waals surface area contributed by atoms with Crippen LogP contribution in [0, 0.1) is 0 Å². The van der Waals surface area contributed by atoms with Crippen LogP contribution in [-0.4, -0.2) is 20.7 Å². The normalized spacial score (nSPS) is 10.3. The number of amides is 1. The van der Waals surface area contributed by atoms with Gasteiger partial charge in [-0.2, -0.15) is 5.10 Å². The maximum atomic E-state index is 11.9. The van der Waals surface area contributed by atoms with Crippen LogP contribution in [0.5, 0.6) is 0 Å². The number of carbonyl (C=O) groups is 1. The predicted octanol–water partition coefficient (Wildman–Crippen LogP) is 0.923. The van der Waals surface area contributed by atoms with Crippen LogP contribution < -0.4 is 10.9 Å². The van der Waals surface area contributed by atoms with Gasteiger partial charge in [-0.05, 0) is 12.5 Å². The highest BCUT2D eigenvalue weighted by atomic mass is 16.2.